The molecule has 3 rings (SSSR count). The van der Waals surface area contributed by atoms with Gasteiger partial charge in [-0.05, 0) is 31.6 Å². The van der Waals surface area contributed by atoms with Crippen LogP contribution in [0, 0.1) is 5.92 Å². The predicted octanol–water partition coefficient (Wildman–Crippen LogP) is 2.08. The van der Waals surface area contributed by atoms with Crippen LogP contribution in [-0.2, 0) is 0 Å². The molecule has 1 saturated heterocycles. The summed E-state index contributed by atoms with van der Waals surface area (Å²) < 4.78 is 5.19. The first-order valence-corrected chi connectivity index (χ1v) is 7.56. The van der Waals surface area contributed by atoms with E-state index in [9.17, 15) is 0 Å². The average molecular weight is 277 g/mol. The van der Waals surface area contributed by atoms with Gasteiger partial charge in [0.1, 0.15) is 0 Å². The molecule has 2 heterocycles. The summed E-state index contributed by atoms with van der Waals surface area (Å²) in [6, 6.07) is 0.978. The zero-order chi connectivity index (χ0) is 13.9. The van der Waals surface area contributed by atoms with Crippen molar-refractivity contribution in [2.24, 2.45) is 5.92 Å². The van der Waals surface area contributed by atoms with Gasteiger partial charge in [-0.1, -0.05) is 12.8 Å². The number of methoxy groups -OCH3 is 1. The molecule has 1 saturated carbocycles. The summed E-state index contributed by atoms with van der Waals surface area (Å²) in [5.74, 6) is 2.14. The highest BCUT2D eigenvalue weighted by atomic mass is 16.5. The average Bonchev–Trinajstić information content (AvgIpc) is 3.16. The summed E-state index contributed by atoms with van der Waals surface area (Å²) >= 11 is 0. The molecule has 0 spiro atoms. The highest BCUT2D eigenvalue weighted by Gasteiger charge is 2.35. The Hall–Kier alpha value is -1.59. The number of nitrogens with one attached hydrogen (secondary N) is 1. The SMILES string of the molecule is CNc1nc(OC)nc(N2CCCC2C2CCCC2)n1. The van der Waals surface area contributed by atoms with Crippen LogP contribution in [0.1, 0.15) is 38.5 Å². The van der Waals surface area contributed by atoms with Crippen molar-refractivity contribution in [2.75, 3.05) is 30.9 Å². The fourth-order valence-corrected chi connectivity index (χ4v) is 3.55. The molecule has 2 aliphatic rings. The summed E-state index contributed by atoms with van der Waals surface area (Å²) in [7, 11) is 3.41. The van der Waals surface area contributed by atoms with Gasteiger partial charge in [-0.2, -0.15) is 15.0 Å². The number of anilines is 2. The number of nitrogens with zero attached hydrogens (tertiary/aromatic N) is 4. The van der Waals surface area contributed by atoms with Crippen molar-refractivity contribution in [1.82, 2.24) is 15.0 Å². The Labute approximate surface area is 120 Å². The molecule has 20 heavy (non-hydrogen) atoms. The highest BCUT2D eigenvalue weighted by molar-refractivity contribution is 5.40. The normalized spacial score (nSPS) is 23.3. The monoisotopic (exact) mass is 277 g/mol. The van der Waals surface area contributed by atoms with Gasteiger partial charge in [0.15, 0.2) is 0 Å². The molecule has 0 bridgehead atoms. The van der Waals surface area contributed by atoms with E-state index in [-0.39, 0.29) is 0 Å². The summed E-state index contributed by atoms with van der Waals surface area (Å²) in [6.07, 6.45) is 7.93. The lowest BCUT2D eigenvalue weighted by atomic mass is 9.96. The summed E-state index contributed by atoms with van der Waals surface area (Å²) in [5, 5.41) is 2.98. The Bertz CT molecular complexity index is 439. The van der Waals surface area contributed by atoms with Crippen LogP contribution in [0.3, 0.4) is 0 Å². The van der Waals surface area contributed by atoms with Crippen LogP contribution in [0.5, 0.6) is 6.01 Å². The van der Waals surface area contributed by atoms with Crippen LogP contribution in [0.25, 0.3) is 0 Å². The van der Waals surface area contributed by atoms with E-state index < -0.39 is 0 Å². The molecule has 0 radical (unpaired) electrons. The van der Waals surface area contributed by atoms with E-state index in [1.165, 1.54) is 38.5 Å². The van der Waals surface area contributed by atoms with Crippen LogP contribution < -0.4 is 15.0 Å². The van der Waals surface area contributed by atoms with E-state index in [1.807, 2.05) is 7.05 Å². The number of hydrogen-bond acceptors (Lipinski definition) is 6. The molecule has 6 nitrogen and oxygen atoms in total. The second-order valence-electron chi connectivity index (χ2n) is 5.64. The number of rotatable bonds is 4. The van der Waals surface area contributed by atoms with Gasteiger partial charge in [-0.15, -0.1) is 0 Å². The minimum absolute atomic E-state index is 0.386. The molecule has 6 heteroatoms. The Morgan fingerprint density at radius 1 is 1.10 bits per heavy atom. The molecular formula is C14H23N5O. The quantitative estimate of drug-likeness (QED) is 0.909. The van der Waals surface area contributed by atoms with Gasteiger partial charge >= 0.3 is 6.01 Å². The molecule has 110 valence electrons. The molecule has 1 unspecified atom stereocenters. The molecule has 0 amide bonds. The second kappa shape index (κ2) is 5.81. The van der Waals surface area contributed by atoms with Crippen molar-refractivity contribution in [3.05, 3.63) is 0 Å². The Kier molecular flexibility index (Phi) is 3.89. The van der Waals surface area contributed by atoms with Gasteiger partial charge in [0.05, 0.1) is 7.11 Å². The Morgan fingerprint density at radius 3 is 2.60 bits per heavy atom. The first-order valence-electron chi connectivity index (χ1n) is 7.56. The summed E-state index contributed by atoms with van der Waals surface area (Å²) in [6.45, 7) is 1.04. The van der Waals surface area contributed by atoms with E-state index in [0.29, 0.717) is 18.0 Å². The summed E-state index contributed by atoms with van der Waals surface area (Å²) in [4.78, 5) is 15.5. The maximum Gasteiger partial charge on any atom is 0.322 e. The Balaban J connectivity index is 1.86. The first-order chi connectivity index (χ1) is 9.81. The topological polar surface area (TPSA) is 63.2 Å². The number of hydrogen-bond donors (Lipinski definition) is 1. The Morgan fingerprint density at radius 2 is 1.90 bits per heavy atom. The van der Waals surface area contributed by atoms with Crippen molar-refractivity contribution in [1.29, 1.82) is 0 Å². The lowest BCUT2D eigenvalue weighted by Gasteiger charge is -2.29. The smallest absolute Gasteiger partial charge is 0.322 e. The lowest BCUT2D eigenvalue weighted by Crippen LogP contribution is -2.36. The van der Waals surface area contributed by atoms with Gasteiger partial charge in [0, 0.05) is 19.6 Å². The maximum atomic E-state index is 5.19. The van der Waals surface area contributed by atoms with E-state index >= 15 is 0 Å². The third-order valence-corrected chi connectivity index (χ3v) is 4.51. The van der Waals surface area contributed by atoms with Crippen molar-refractivity contribution >= 4 is 11.9 Å². The molecule has 2 fully saturated rings. The van der Waals surface area contributed by atoms with Crippen molar-refractivity contribution in [3.63, 3.8) is 0 Å². The van der Waals surface area contributed by atoms with E-state index in [2.05, 4.69) is 25.2 Å². The van der Waals surface area contributed by atoms with E-state index in [0.717, 1.165) is 18.4 Å². The molecule has 1 N–H and O–H groups in total. The van der Waals surface area contributed by atoms with Crippen molar-refractivity contribution < 1.29 is 4.74 Å². The fraction of sp³-hybridized carbons (Fsp3) is 0.786. The number of aromatic nitrogens is 3. The standard InChI is InChI=1S/C14H23N5O/c1-15-12-16-13(18-14(17-12)20-2)19-9-5-8-11(19)10-6-3-4-7-10/h10-11H,3-9H2,1-2H3,(H,15,16,17,18). The zero-order valence-corrected chi connectivity index (χ0v) is 12.3. The first kappa shape index (κ1) is 13.4. The van der Waals surface area contributed by atoms with Gasteiger partial charge in [-0.25, -0.2) is 0 Å². The highest BCUT2D eigenvalue weighted by Crippen LogP contribution is 2.37. The van der Waals surface area contributed by atoms with Gasteiger partial charge < -0.3 is 15.0 Å². The molecule has 0 aromatic carbocycles. The van der Waals surface area contributed by atoms with Crippen LogP contribution >= 0.6 is 0 Å². The lowest BCUT2D eigenvalue weighted by molar-refractivity contribution is 0.376. The third-order valence-electron chi connectivity index (χ3n) is 4.51. The molecule has 1 aromatic rings. The van der Waals surface area contributed by atoms with Crippen molar-refractivity contribution in [2.45, 2.75) is 44.6 Å². The molecular weight excluding hydrogens is 254 g/mol. The third kappa shape index (κ3) is 2.51. The van der Waals surface area contributed by atoms with Crippen LogP contribution in [0.2, 0.25) is 0 Å². The summed E-state index contributed by atoms with van der Waals surface area (Å²) in [5.41, 5.74) is 0. The van der Waals surface area contributed by atoms with Gasteiger partial charge in [-0.3, -0.25) is 0 Å². The number of ether oxygens (including phenoxy) is 1. The predicted molar refractivity (Wildman–Crippen MR) is 78.3 cm³/mol. The molecule has 1 atom stereocenters. The van der Waals surface area contributed by atoms with Gasteiger partial charge in [0.25, 0.3) is 0 Å². The van der Waals surface area contributed by atoms with Crippen LogP contribution in [0.15, 0.2) is 0 Å². The zero-order valence-electron chi connectivity index (χ0n) is 12.3. The minimum Gasteiger partial charge on any atom is -0.467 e. The van der Waals surface area contributed by atoms with Crippen LogP contribution in [-0.4, -0.2) is 41.7 Å². The fourth-order valence-electron chi connectivity index (χ4n) is 3.55. The molecule has 1 aromatic heterocycles. The minimum atomic E-state index is 0.386. The van der Waals surface area contributed by atoms with E-state index in [1.54, 1.807) is 7.11 Å². The van der Waals surface area contributed by atoms with E-state index in [4.69, 9.17) is 4.74 Å². The molecule has 1 aliphatic heterocycles. The maximum absolute atomic E-state index is 5.19. The van der Waals surface area contributed by atoms with Crippen LogP contribution in [0.4, 0.5) is 11.9 Å². The largest absolute Gasteiger partial charge is 0.467 e. The second-order valence-corrected chi connectivity index (χ2v) is 5.64. The van der Waals surface area contributed by atoms with Gasteiger partial charge in [0.2, 0.25) is 11.9 Å². The molecule has 1 aliphatic carbocycles. The van der Waals surface area contributed by atoms with Crippen molar-refractivity contribution in [3.8, 4) is 6.01 Å².